The number of sulfone groups is 1. The highest BCUT2D eigenvalue weighted by Crippen LogP contribution is 2.29. The molecule has 1 heterocycles. The first-order valence-electron chi connectivity index (χ1n) is 7.48. The van der Waals surface area contributed by atoms with Crippen molar-refractivity contribution < 1.29 is 32.7 Å². The molecule has 2 unspecified atom stereocenters. The Labute approximate surface area is 150 Å². The van der Waals surface area contributed by atoms with Gasteiger partial charge in [0.1, 0.15) is 11.3 Å². The van der Waals surface area contributed by atoms with Gasteiger partial charge in [-0.2, -0.15) is 0 Å². The lowest BCUT2D eigenvalue weighted by molar-refractivity contribution is -0.141. The molecule has 0 aliphatic carbocycles. The van der Waals surface area contributed by atoms with Crippen LogP contribution in [0.25, 0.3) is 0 Å². The van der Waals surface area contributed by atoms with Gasteiger partial charge in [0.25, 0.3) is 5.91 Å². The number of imide groups is 1. The molecule has 0 bridgehead atoms. The van der Waals surface area contributed by atoms with E-state index in [1.54, 1.807) is 0 Å². The van der Waals surface area contributed by atoms with Gasteiger partial charge in [-0.25, -0.2) is 18.7 Å². The van der Waals surface area contributed by atoms with Gasteiger partial charge in [0.15, 0.2) is 9.84 Å². The molecule has 3 N–H and O–H groups in total. The van der Waals surface area contributed by atoms with Crippen molar-refractivity contribution in [2.45, 2.75) is 17.4 Å². The van der Waals surface area contributed by atoms with Gasteiger partial charge in [0.2, 0.25) is 5.91 Å². The second kappa shape index (κ2) is 6.92. The summed E-state index contributed by atoms with van der Waals surface area (Å²) in [4.78, 5) is 36.9. The van der Waals surface area contributed by atoms with Crippen LogP contribution in [0.2, 0.25) is 0 Å². The molecule has 0 radical (unpaired) electrons. The SMILES string of the molecule is COc1ccc(S(=O)(=O)CC(C(=O)NO)C2(C)NC(=O)N(C)C2=O)cc1. The third-order valence-corrected chi connectivity index (χ3v) is 6.11. The second-order valence-corrected chi connectivity index (χ2v) is 8.02. The fourth-order valence-electron chi connectivity index (χ4n) is 2.72. The Morgan fingerprint density at radius 2 is 1.92 bits per heavy atom. The van der Waals surface area contributed by atoms with Gasteiger partial charge < -0.3 is 10.1 Å². The summed E-state index contributed by atoms with van der Waals surface area (Å²) in [5.74, 6) is -3.79. The number of carbonyl (C=O) groups excluding carboxylic acids is 3. The van der Waals surface area contributed by atoms with E-state index in [1.165, 1.54) is 50.8 Å². The molecule has 1 aliphatic rings. The number of amides is 4. The van der Waals surface area contributed by atoms with Crippen LogP contribution in [0.4, 0.5) is 4.79 Å². The number of hydroxylamine groups is 1. The monoisotopic (exact) mass is 385 g/mol. The van der Waals surface area contributed by atoms with Gasteiger partial charge in [0, 0.05) is 7.05 Å². The molecular formula is C15H19N3O7S. The van der Waals surface area contributed by atoms with E-state index >= 15 is 0 Å². The number of rotatable bonds is 6. The molecule has 1 aromatic rings. The summed E-state index contributed by atoms with van der Waals surface area (Å²) in [6.07, 6.45) is 0. The van der Waals surface area contributed by atoms with Crippen LogP contribution >= 0.6 is 0 Å². The van der Waals surface area contributed by atoms with Gasteiger partial charge in [-0.3, -0.25) is 19.7 Å². The molecule has 0 spiro atoms. The molecule has 11 heteroatoms. The molecule has 1 aliphatic heterocycles. The van der Waals surface area contributed by atoms with Crippen LogP contribution in [-0.4, -0.2) is 61.8 Å². The number of nitrogens with one attached hydrogen (secondary N) is 2. The largest absolute Gasteiger partial charge is 0.497 e. The van der Waals surface area contributed by atoms with Crippen LogP contribution in [0.5, 0.6) is 5.75 Å². The molecule has 1 fully saturated rings. The highest BCUT2D eigenvalue weighted by Gasteiger charge is 2.55. The fourth-order valence-corrected chi connectivity index (χ4v) is 4.38. The number of hydrogen-bond donors (Lipinski definition) is 3. The topological polar surface area (TPSA) is 142 Å². The zero-order chi connectivity index (χ0) is 19.7. The van der Waals surface area contributed by atoms with Crippen LogP contribution in [-0.2, 0) is 19.4 Å². The minimum Gasteiger partial charge on any atom is -0.497 e. The van der Waals surface area contributed by atoms with Crippen molar-refractivity contribution >= 4 is 27.7 Å². The quantitative estimate of drug-likeness (QED) is 0.341. The Kier molecular flexibility index (Phi) is 5.23. The molecule has 10 nitrogen and oxygen atoms in total. The number of urea groups is 1. The minimum absolute atomic E-state index is 0.0947. The smallest absolute Gasteiger partial charge is 0.324 e. The first kappa shape index (κ1) is 19.7. The summed E-state index contributed by atoms with van der Waals surface area (Å²) in [7, 11) is -1.39. The van der Waals surface area contributed by atoms with E-state index in [2.05, 4.69) is 5.32 Å². The maximum atomic E-state index is 12.7. The standard InChI is InChI=1S/C15H19N3O7S/c1-15(13(20)18(2)14(21)16-15)11(12(19)17-22)8-26(23,24)10-6-4-9(25-3)5-7-10/h4-7,11,22H,8H2,1-3H3,(H,16,21)(H,17,19). The van der Waals surface area contributed by atoms with E-state index in [0.717, 1.165) is 4.90 Å². The van der Waals surface area contributed by atoms with Crippen molar-refractivity contribution in [2.24, 2.45) is 5.92 Å². The van der Waals surface area contributed by atoms with Gasteiger partial charge >= 0.3 is 6.03 Å². The summed E-state index contributed by atoms with van der Waals surface area (Å²) >= 11 is 0. The summed E-state index contributed by atoms with van der Waals surface area (Å²) in [6, 6.07) is 4.70. The second-order valence-electron chi connectivity index (χ2n) is 5.98. The highest BCUT2D eigenvalue weighted by atomic mass is 32.2. The van der Waals surface area contributed by atoms with Crippen molar-refractivity contribution in [1.82, 2.24) is 15.7 Å². The van der Waals surface area contributed by atoms with Gasteiger partial charge in [-0.1, -0.05) is 0 Å². The maximum absolute atomic E-state index is 12.7. The highest BCUT2D eigenvalue weighted by molar-refractivity contribution is 7.91. The first-order chi connectivity index (χ1) is 12.1. The Balaban J connectivity index is 2.40. The number of carbonyl (C=O) groups is 3. The normalized spacial score (nSPS) is 21.3. The fraction of sp³-hybridized carbons (Fsp3) is 0.400. The molecule has 1 saturated heterocycles. The average molecular weight is 385 g/mol. The van der Waals surface area contributed by atoms with Crippen molar-refractivity contribution in [3.05, 3.63) is 24.3 Å². The van der Waals surface area contributed by atoms with Crippen molar-refractivity contribution in [3.63, 3.8) is 0 Å². The molecular weight excluding hydrogens is 366 g/mol. The number of nitrogens with zero attached hydrogens (tertiary/aromatic N) is 1. The summed E-state index contributed by atoms with van der Waals surface area (Å²) in [5.41, 5.74) is -0.457. The van der Waals surface area contributed by atoms with E-state index in [0.29, 0.717) is 5.75 Å². The van der Waals surface area contributed by atoms with E-state index in [9.17, 15) is 22.8 Å². The van der Waals surface area contributed by atoms with E-state index in [-0.39, 0.29) is 4.90 Å². The summed E-state index contributed by atoms with van der Waals surface area (Å²) in [6.45, 7) is 1.24. The number of likely N-dealkylation sites (N-methyl/N-ethyl adjacent to an activating group) is 1. The predicted octanol–water partition coefficient (Wildman–Crippen LogP) is -0.469. The van der Waals surface area contributed by atoms with Crippen LogP contribution in [0.3, 0.4) is 0 Å². The molecule has 26 heavy (non-hydrogen) atoms. The maximum Gasteiger partial charge on any atom is 0.324 e. The molecule has 1 aromatic carbocycles. The molecule has 142 valence electrons. The third kappa shape index (κ3) is 3.35. The Bertz CT molecular complexity index is 837. The van der Waals surface area contributed by atoms with Crippen LogP contribution in [0, 0.1) is 5.92 Å². The molecule has 0 saturated carbocycles. The average Bonchev–Trinajstić information content (AvgIpc) is 2.82. The molecule has 2 atom stereocenters. The zero-order valence-corrected chi connectivity index (χ0v) is 15.2. The zero-order valence-electron chi connectivity index (χ0n) is 14.3. The first-order valence-corrected chi connectivity index (χ1v) is 9.13. The van der Waals surface area contributed by atoms with Crippen molar-refractivity contribution in [3.8, 4) is 5.75 Å². The number of hydrogen-bond acceptors (Lipinski definition) is 7. The van der Waals surface area contributed by atoms with Gasteiger partial charge in [-0.15, -0.1) is 0 Å². The van der Waals surface area contributed by atoms with Crippen LogP contribution in [0.1, 0.15) is 6.92 Å². The summed E-state index contributed by atoms with van der Waals surface area (Å²) in [5, 5.41) is 11.3. The Hall–Kier alpha value is -2.66. The number of methoxy groups -OCH3 is 1. The Morgan fingerprint density at radius 1 is 1.35 bits per heavy atom. The van der Waals surface area contributed by atoms with Gasteiger partial charge in [0.05, 0.1) is 23.7 Å². The number of ether oxygens (including phenoxy) is 1. The lowest BCUT2D eigenvalue weighted by Crippen LogP contribution is -2.57. The van der Waals surface area contributed by atoms with Crippen molar-refractivity contribution in [2.75, 3.05) is 19.9 Å². The van der Waals surface area contributed by atoms with Crippen molar-refractivity contribution in [1.29, 1.82) is 0 Å². The van der Waals surface area contributed by atoms with E-state index in [4.69, 9.17) is 9.94 Å². The summed E-state index contributed by atoms with van der Waals surface area (Å²) < 4.78 is 30.3. The van der Waals surface area contributed by atoms with E-state index in [1.807, 2.05) is 0 Å². The van der Waals surface area contributed by atoms with Gasteiger partial charge in [-0.05, 0) is 31.2 Å². The third-order valence-electron chi connectivity index (χ3n) is 4.35. The van der Waals surface area contributed by atoms with E-state index < -0.39 is 44.9 Å². The minimum atomic E-state index is -4.02. The lowest BCUT2D eigenvalue weighted by Gasteiger charge is -2.29. The number of benzene rings is 1. The molecule has 4 amide bonds. The molecule has 2 rings (SSSR count). The Morgan fingerprint density at radius 3 is 2.35 bits per heavy atom. The predicted molar refractivity (Wildman–Crippen MR) is 88.2 cm³/mol. The lowest BCUT2D eigenvalue weighted by atomic mass is 9.86. The van der Waals surface area contributed by atoms with Crippen LogP contribution in [0.15, 0.2) is 29.2 Å². The molecule has 0 aromatic heterocycles. The van der Waals surface area contributed by atoms with Crippen LogP contribution < -0.4 is 15.5 Å².